The summed E-state index contributed by atoms with van der Waals surface area (Å²) in [6, 6.07) is 15.1. The van der Waals surface area contributed by atoms with E-state index in [1.54, 1.807) is 14.0 Å². The number of rotatable bonds is 3. The molecule has 0 heterocycles. The second kappa shape index (κ2) is 5.12. The van der Waals surface area contributed by atoms with Crippen LogP contribution in [0.25, 0.3) is 0 Å². The van der Waals surface area contributed by atoms with Gasteiger partial charge in [-0.05, 0) is 42.3 Å². The molecule has 0 saturated heterocycles. The second-order valence-corrected chi connectivity index (χ2v) is 5.23. The zero-order valence-corrected chi connectivity index (χ0v) is 11.9. The van der Waals surface area contributed by atoms with Crippen LogP contribution in [0.4, 0.5) is 0 Å². The SMILES string of the molecule is COc1cccc(C(C)(O)c2ccc(Br)cc2)c1. The number of methoxy groups -OCH3 is 1. The Morgan fingerprint density at radius 2 is 1.72 bits per heavy atom. The van der Waals surface area contributed by atoms with E-state index in [1.807, 2.05) is 48.5 Å². The smallest absolute Gasteiger partial charge is 0.119 e. The molecule has 18 heavy (non-hydrogen) atoms. The Morgan fingerprint density at radius 3 is 2.33 bits per heavy atom. The molecule has 1 atom stereocenters. The van der Waals surface area contributed by atoms with Crippen LogP contribution >= 0.6 is 15.9 Å². The monoisotopic (exact) mass is 306 g/mol. The highest BCUT2D eigenvalue weighted by molar-refractivity contribution is 9.10. The number of hydrogen-bond acceptors (Lipinski definition) is 2. The van der Waals surface area contributed by atoms with Crippen molar-refractivity contribution in [1.82, 2.24) is 0 Å². The molecular weight excluding hydrogens is 292 g/mol. The van der Waals surface area contributed by atoms with Gasteiger partial charge >= 0.3 is 0 Å². The topological polar surface area (TPSA) is 29.5 Å². The van der Waals surface area contributed by atoms with Gasteiger partial charge in [0.05, 0.1) is 7.11 Å². The Balaban J connectivity index is 2.43. The molecule has 1 N–H and O–H groups in total. The van der Waals surface area contributed by atoms with Crippen molar-refractivity contribution in [2.24, 2.45) is 0 Å². The first-order chi connectivity index (χ1) is 8.54. The standard InChI is InChI=1S/C15H15BrO2/c1-15(17,11-6-8-13(16)9-7-11)12-4-3-5-14(10-12)18-2/h3-10,17H,1-2H3. The van der Waals surface area contributed by atoms with E-state index in [9.17, 15) is 5.11 Å². The summed E-state index contributed by atoms with van der Waals surface area (Å²) in [7, 11) is 1.62. The van der Waals surface area contributed by atoms with Crippen LogP contribution in [0.1, 0.15) is 18.1 Å². The van der Waals surface area contributed by atoms with Crippen molar-refractivity contribution in [2.45, 2.75) is 12.5 Å². The van der Waals surface area contributed by atoms with Gasteiger partial charge in [0.2, 0.25) is 0 Å². The number of ether oxygens (including phenoxy) is 1. The molecule has 0 radical (unpaired) electrons. The Morgan fingerprint density at radius 1 is 1.06 bits per heavy atom. The number of hydrogen-bond donors (Lipinski definition) is 1. The van der Waals surface area contributed by atoms with E-state index in [4.69, 9.17) is 4.74 Å². The van der Waals surface area contributed by atoms with Crippen LogP contribution in [0.3, 0.4) is 0 Å². The van der Waals surface area contributed by atoms with Crippen LogP contribution in [0, 0.1) is 0 Å². The van der Waals surface area contributed by atoms with Gasteiger partial charge < -0.3 is 9.84 Å². The maximum absolute atomic E-state index is 10.7. The summed E-state index contributed by atoms with van der Waals surface area (Å²) in [5.74, 6) is 0.741. The van der Waals surface area contributed by atoms with Crippen LogP contribution in [-0.4, -0.2) is 12.2 Å². The average molecular weight is 307 g/mol. The minimum atomic E-state index is -1.03. The van der Waals surface area contributed by atoms with Crippen molar-refractivity contribution in [3.8, 4) is 5.75 Å². The van der Waals surface area contributed by atoms with E-state index in [1.165, 1.54) is 0 Å². The van der Waals surface area contributed by atoms with E-state index in [0.717, 1.165) is 21.3 Å². The average Bonchev–Trinajstić information content (AvgIpc) is 2.39. The van der Waals surface area contributed by atoms with Crippen molar-refractivity contribution in [1.29, 1.82) is 0 Å². The minimum absolute atomic E-state index is 0.741. The zero-order valence-electron chi connectivity index (χ0n) is 10.4. The van der Waals surface area contributed by atoms with Crippen LogP contribution in [-0.2, 0) is 5.60 Å². The van der Waals surface area contributed by atoms with Gasteiger partial charge in [0.25, 0.3) is 0 Å². The Hall–Kier alpha value is -1.32. The van der Waals surface area contributed by atoms with Gasteiger partial charge in [-0.25, -0.2) is 0 Å². The first-order valence-corrected chi connectivity index (χ1v) is 6.46. The van der Waals surface area contributed by atoms with Gasteiger partial charge in [0, 0.05) is 4.47 Å². The molecule has 94 valence electrons. The number of aliphatic hydroxyl groups is 1. The minimum Gasteiger partial charge on any atom is -0.497 e. The largest absolute Gasteiger partial charge is 0.497 e. The molecule has 0 aromatic heterocycles. The predicted molar refractivity (Wildman–Crippen MR) is 75.8 cm³/mol. The molecule has 2 aromatic rings. The van der Waals surface area contributed by atoms with Gasteiger partial charge in [-0.1, -0.05) is 40.2 Å². The summed E-state index contributed by atoms with van der Waals surface area (Å²) in [4.78, 5) is 0. The first kappa shape index (κ1) is 13.1. The predicted octanol–water partition coefficient (Wildman–Crippen LogP) is 3.71. The van der Waals surface area contributed by atoms with Crippen molar-refractivity contribution in [3.63, 3.8) is 0 Å². The van der Waals surface area contributed by atoms with Crippen LogP contribution in [0.5, 0.6) is 5.75 Å². The van der Waals surface area contributed by atoms with Crippen LogP contribution in [0.2, 0.25) is 0 Å². The van der Waals surface area contributed by atoms with Crippen LogP contribution in [0.15, 0.2) is 53.0 Å². The molecule has 0 aliphatic rings. The van der Waals surface area contributed by atoms with Gasteiger partial charge in [0.15, 0.2) is 0 Å². The second-order valence-electron chi connectivity index (χ2n) is 4.31. The molecule has 2 rings (SSSR count). The lowest BCUT2D eigenvalue weighted by atomic mass is 9.88. The summed E-state index contributed by atoms with van der Waals surface area (Å²) >= 11 is 3.39. The highest BCUT2D eigenvalue weighted by Gasteiger charge is 2.25. The third-order valence-corrected chi connectivity index (χ3v) is 3.57. The van der Waals surface area contributed by atoms with Crippen molar-refractivity contribution in [3.05, 3.63) is 64.1 Å². The normalized spacial score (nSPS) is 14.0. The lowest BCUT2D eigenvalue weighted by molar-refractivity contribution is 0.102. The Kier molecular flexibility index (Phi) is 3.73. The highest BCUT2D eigenvalue weighted by Crippen LogP contribution is 2.31. The van der Waals surface area contributed by atoms with E-state index in [-0.39, 0.29) is 0 Å². The van der Waals surface area contributed by atoms with Gasteiger partial charge in [-0.3, -0.25) is 0 Å². The fraction of sp³-hybridized carbons (Fsp3) is 0.200. The molecule has 0 aliphatic heterocycles. The molecular formula is C15H15BrO2. The Labute approximate surface area is 115 Å². The van der Waals surface area contributed by atoms with Gasteiger partial charge in [0.1, 0.15) is 11.4 Å². The summed E-state index contributed by atoms with van der Waals surface area (Å²) < 4.78 is 6.18. The van der Waals surface area contributed by atoms with Gasteiger partial charge in [-0.15, -0.1) is 0 Å². The van der Waals surface area contributed by atoms with Crippen molar-refractivity contribution >= 4 is 15.9 Å². The van der Waals surface area contributed by atoms with Crippen molar-refractivity contribution < 1.29 is 9.84 Å². The van der Waals surface area contributed by atoms with E-state index >= 15 is 0 Å². The molecule has 0 amide bonds. The molecule has 2 aromatic carbocycles. The van der Waals surface area contributed by atoms with E-state index in [2.05, 4.69) is 15.9 Å². The molecule has 3 heteroatoms. The molecule has 0 aliphatic carbocycles. The molecule has 2 nitrogen and oxygen atoms in total. The summed E-state index contributed by atoms with van der Waals surface area (Å²) in [5.41, 5.74) is 0.623. The fourth-order valence-electron chi connectivity index (χ4n) is 1.87. The summed E-state index contributed by atoms with van der Waals surface area (Å²) in [6.45, 7) is 1.78. The maximum atomic E-state index is 10.7. The third-order valence-electron chi connectivity index (χ3n) is 3.04. The first-order valence-electron chi connectivity index (χ1n) is 5.67. The molecule has 0 fully saturated rings. The van der Waals surface area contributed by atoms with Crippen LogP contribution < -0.4 is 4.74 Å². The quantitative estimate of drug-likeness (QED) is 0.936. The lowest BCUT2D eigenvalue weighted by Crippen LogP contribution is -2.22. The van der Waals surface area contributed by atoms with Gasteiger partial charge in [-0.2, -0.15) is 0 Å². The highest BCUT2D eigenvalue weighted by atomic mass is 79.9. The molecule has 0 saturated carbocycles. The number of benzene rings is 2. The molecule has 1 unspecified atom stereocenters. The summed E-state index contributed by atoms with van der Waals surface area (Å²) in [6.07, 6.45) is 0. The van der Waals surface area contributed by atoms with E-state index < -0.39 is 5.60 Å². The maximum Gasteiger partial charge on any atom is 0.119 e. The third kappa shape index (κ3) is 2.57. The van der Waals surface area contributed by atoms with Crippen molar-refractivity contribution in [2.75, 3.05) is 7.11 Å². The zero-order chi connectivity index (χ0) is 13.2. The van der Waals surface area contributed by atoms with E-state index in [0.29, 0.717) is 0 Å². The Bertz CT molecular complexity index is 532. The lowest BCUT2D eigenvalue weighted by Gasteiger charge is -2.25. The molecule has 0 bridgehead atoms. The summed E-state index contributed by atoms with van der Waals surface area (Å²) in [5, 5.41) is 10.7. The molecule has 0 spiro atoms. The fourth-order valence-corrected chi connectivity index (χ4v) is 2.13. The number of halogens is 1.